The van der Waals surface area contributed by atoms with Crippen molar-refractivity contribution in [3.8, 4) is 0 Å². The monoisotopic (exact) mass is 226 g/mol. The lowest BCUT2D eigenvalue weighted by Crippen LogP contribution is -2.33. The average Bonchev–Trinajstić information content (AvgIpc) is 2.13. The normalized spacial score (nSPS) is 17.4. The largest absolute Gasteiger partial charge is 0.381 e. The summed E-state index contributed by atoms with van der Waals surface area (Å²) in [6, 6.07) is 6.99. The molecule has 0 N–H and O–H groups in total. The van der Waals surface area contributed by atoms with E-state index in [1.807, 2.05) is 19.1 Å². The molecule has 1 saturated heterocycles. The molecule has 4 heteroatoms. The van der Waals surface area contributed by atoms with Crippen LogP contribution < -0.4 is 0 Å². The van der Waals surface area contributed by atoms with Gasteiger partial charge in [0.15, 0.2) is 9.84 Å². The van der Waals surface area contributed by atoms with Gasteiger partial charge in [-0.2, -0.15) is 0 Å². The summed E-state index contributed by atoms with van der Waals surface area (Å²) < 4.78 is 28.8. The highest BCUT2D eigenvalue weighted by atomic mass is 32.2. The second-order valence-corrected chi connectivity index (χ2v) is 6.03. The smallest absolute Gasteiger partial charge is 0.178 e. The first-order valence-electron chi connectivity index (χ1n) is 4.95. The molecule has 0 unspecified atom stereocenters. The van der Waals surface area contributed by atoms with Crippen LogP contribution in [0.5, 0.6) is 0 Å². The maximum absolute atomic E-state index is 11.9. The van der Waals surface area contributed by atoms with Crippen LogP contribution in [0.4, 0.5) is 0 Å². The van der Waals surface area contributed by atoms with E-state index in [0.717, 1.165) is 5.56 Å². The fraction of sp³-hybridized carbons (Fsp3) is 0.455. The standard InChI is InChI=1S/C11H14O3S/c1-9-2-4-11(5-3-9)15(12,13)8-10-6-14-7-10/h2-5,10H,6-8H2,1H3. The first-order valence-corrected chi connectivity index (χ1v) is 6.60. The third-order valence-electron chi connectivity index (χ3n) is 2.54. The van der Waals surface area contributed by atoms with Crippen LogP contribution in [-0.2, 0) is 14.6 Å². The number of hydrogen-bond acceptors (Lipinski definition) is 3. The molecule has 0 saturated carbocycles. The quantitative estimate of drug-likeness (QED) is 0.782. The van der Waals surface area contributed by atoms with Gasteiger partial charge in [0.2, 0.25) is 0 Å². The van der Waals surface area contributed by atoms with Crippen molar-refractivity contribution in [2.24, 2.45) is 5.92 Å². The van der Waals surface area contributed by atoms with Gasteiger partial charge in [-0.1, -0.05) is 17.7 Å². The van der Waals surface area contributed by atoms with E-state index in [2.05, 4.69) is 0 Å². The van der Waals surface area contributed by atoms with Gasteiger partial charge in [-0.05, 0) is 19.1 Å². The molecule has 0 amide bonds. The van der Waals surface area contributed by atoms with E-state index in [4.69, 9.17) is 4.74 Å². The molecular formula is C11H14O3S. The van der Waals surface area contributed by atoms with E-state index in [1.165, 1.54) is 0 Å². The molecule has 0 atom stereocenters. The number of aryl methyl sites for hydroxylation is 1. The highest BCUT2D eigenvalue weighted by Crippen LogP contribution is 2.19. The van der Waals surface area contributed by atoms with Crippen LogP contribution in [0.25, 0.3) is 0 Å². The van der Waals surface area contributed by atoms with Gasteiger partial charge >= 0.3 is 0 Å². The first-order chi connectivity index (χ1) is 7.08. The van der Waals surface area contributed by atoms with Crippen LogP contribution in [0.1, 0.15) is 5.56 Å². The number of sulfone groups is 1. The zero-order chi connectivity index (χ0) is 10.9. The molecule has 1 aromatic rings. The summed E-state index contributed by atoms with van der Waals surface area (Å²) in [4.78, 5) is 0.417. The van der Waals surface area contributed by atoms with Gasteiger partial charge < -0.3 is 4.74 Å². The Morgan fingerprint density at radius 2 is 1.87 bits per heavy atom. The van der Waals surface area contributed by atoms with Gasteiger partial charge in [-0.25, -0.2) is 8.42 Å². The lowest BCUT2D eigenvalue weighted by molar-refractivity contribution is -0.0204. The Morgan fingerprint density at radius 3 is 2.33 bits per heavy atom. The zero-order valence-electron chi connectivity index (χ0n) is 8.64. The topological polar surface area (TPSA) is 43.4 Å². The molecule has 1 heterocycles. The number of hydrogen-bond donors (Lipinski definition) is 0. The minimum Gasteiger partial charge on any atom is -0.381 e. The summed E-state index contributed by atoms with van der Waals surface area (Å²) in [5.41, 5.74) is 1.07. The lowest BCUT2D eigenvalue weighted by atomic mass is 10.1. The Kier molecular flexibility index (Phi) is 2.80. The fourth-order valence-electron chi connectivity index (χ4n) is 1.53. The van der Waals surface area contributed by atoms with Gasteiger partial charge in [0.25, 0.3) is 0 Å². The molecule has 15 heavy (non-hydrogen) atoms. The van der Waals surface area contributed by atoms with Gasteiger partial charge in [-0.15, -0.1) is 0 Å². The van der Waals surface area contributed by atoms with E-state index in [1.54, 1.807) is 12.1 Å². The highest BCUT2D eigenvalue weighted by molar-refractivity contribution is 7.91. The Labute approximate surface area is 90.0 Å². The summed E-state index contributed by atoms with van der Waals surface area (Å²) in [5.74, 6) is 0.382. The zero-order valence-corrected chi connectivity index (χ0v) is 9.46. The van der Waals surface area contributed by atoms with Gasteiger partial charge in [-0.3, -0.25) is 0 Å². The van der Waals surface area contributed by atoms with Crippen molar-refractivity contribution in [3.05, 3.63) is 29.8 Å². The molecule has 0 aliphatic carbocycles. The third-order valence-corrected chi connectivity index (χ3v) is 4.44. The minimum absolute atomic E-state index is 0.177. The predicted octanol–water partition coefficient (Wildman–Crippen LogP) is 1.42. The van der Waals surface area contributed by atoms with Crippen molar-refractivity contribution in [1.82, 2.24) is 0 Å². The second kappa shape index (κ2) is 3.94. The summed E-state index contributed by atoms with van der Waals surface area (Å²) in [5, 5.41) is 0. The Hall–Kier alpha value is -0.870. The molecule has 1 fully saturated rings. The summed E-state index contributed by atoms with van der Waals surface area (Å²) in [7, 11) is -3.12. The van der Waals surface area contributed by atoms with Gasteiger partial charge in [0.1, 0.15) is 0 Å². The van der Waals surface area contributed by atoms with E-state index >= 15 is 0 Å². The Bertz CT molecular complexity index is 429. The summed E-state index contributed by atoms with van der Waals surface area (Å²) in [6.45, 7) is 3.09. The molecule has 0 bridgehead atoms. The lowest BCUT2D eigenvalue weighted by Gasteiger charge is -2.25. The van der Waals surface area contributed by atoms with E-state index < -0.39 is 9.84 Å². The van der Waals surface area contributed by atoms with Crippen LogP contribution in [0.3, 0.4) is 0 Å². The number of ether oxygens (including phenoxy) is 1. The maximum atomic E-state index is 11.9. The van der Waals surface area contributed by atoms with Gasteiger partial charge in [0, 0.05) is 5.92 Å². The van der Waals surface area contributed by atoms with Gasteiger partial charge in [0.05, 0.1) is 23.9 Å². The van der Waals surface area contributed by atoms with Crippen molar-refractivity contribution < 1.29 is 13.2 Å². The summed E-state index contributed by atoms with van der Waals surface area (Å²) >= 11 is 0. The van der Waals surface area contributed by atoms with Crippen LogP contribution >= 0.6 is 0 Å². The van der Waals surface area contributed by atoms with E-state index in [-0.39, 0.29) is 11.7 Å². The van der Waals surface area contributed by atoms with Crippen LogP contribution in [0, 0.1) is 12.8 Å². The minimum atomic E-state index is -3.12. The SMILES string of the molecule is Cc1ccc(S(=O)(=O)CC2COC2)cc1. The Morgan fingerprint density at radius 1 is 1.27 bits per heavy atom. The number of benzene rings is 1. The Balaban J connectivity index is 2.17. The van der Waals surface area contributed by atoms with Crippen LogP contribution in [-0.4, -0.2) is 27.4 Å². The number of rotatable bonds is 3. The average molecular weight is 226 g/mol. The van der Waals surface area contributed by atoms with Crippen molar-refractivity contribution in [2.45, 2.75) is 11.8 Å². The molecule has 3 nitrogen and oxygen atoms in total. The van der Waals surface area contributed by atoms with E-state index in [0.29, 0.717) is 18.1 Å². The second-order valence-electron chi connectivity index (χ2n) is 4.00. The molecule has 2 rings (SSSR count). The highest BCUT2D eigenvalue weighted by Gasteiger charge is 2.26. The fourth-order valence-corrected chi connectivity index (χ4v) is 3.09. The van der Waals surface area contributed by atoms with Crippen molar-refractivity contribution in [1.29, 1.82) is 0 Å². The molecule has 0 radical (unpaired) electrons. The molecule has 1 aromatic carbocycles. The molecule has 0 spiro atoms. The molecular weight excluding hydrogens is 212 g/mol. The van der Waals surface area contributed by atoms with Crippen LogP contribution in [0.2, 0.25) is 0 Å². The predicted molar refractivity (Wildman–Crippen MR) is 57.5 cm³/mol. The van der Waals surface area contributed by atoms with Crippen molar-refractivity contribution in [2.75, 3.05) is 19.0 Å². The molecule has 1 aliphatic heterocycles. The van der Waals surface area contributed by atoms with Crippen molar-refractivity contribution >= 4 is 9.84 Å². The molecule has 0 aromatic heterocycles. The van der Waals surface area contributed by atoms with Crippen molar-refractivity contribution in [3.63, 3.8) is 0 Å². The molecule has 1 aliphatic rings. The summed E-state index contributed by atoms with van der Waals surface area (Å²) in [6.07, 6.45) is 0. The maximum Gasteiger partial charge on any atom is 0.178 e. The third kappa shape index (κ3) is 2.38. The first kappa shape index (κ1) is 10.6. The van der Waals surface area contributed by atoms with E-state index in [9.17, 15) is 8.42 Å². The molecule has 82 valence electrons. The van der Waals surface area contributed by atoms with Crippen LogP contribution in [0.15, 0.2) is 29.2 Å².